The highest BCUT2D eigenvalue weighted by molar-refractivity contribution is 5.55. The molecule has 0 aromatic heterocycles. The average molecular weight is 196 g/mol. The highest BCUT2D eigenvalue weighted by Crippen LogP contribution is 1.82. The minimum atomic E-state index is 0.748. The minimum Gasteiger partial charge on any atom is -0.380 e. The van der Waals surface area contributed by atoms with Crippen molar-refractivity contribution in [1.82, 2.24) is 4.90 Å². The van der Waals surface area contributed by atoms with E-state index in [4.69, 9.17) is 4.74 Å². The van der Waals surface area contributed by atoms with Crippen LogP contribution in [0.1, 0.15) is 13.8 Å². The van der Waals surface area contributed by atoms with Crippen molar-refractivity contribution in [3.05, 3.63) is 24.4 Å². The molecule has 0 fully saturated rings. The lowest BCUT2D eigenvalue weighted by Gasteiger charge is -2.11. The molecule has 14 heavy (non-hydrogen) atoms. The first-order chi connectivity index (χ1) is 6.81. The standard InChI is InChI=1S/C11H20N2O/c1-4-6-7-8-12-11-13(3)9-10-14-5-2/h4,6-8,11H,5,9-10H2,1-3H3/b6-4-,8-7-,12-11?. The smallest absolute Gasteiger partial charge is 0.0903 e. The molecule has 0 unspecified atom stereocenters. The lowest BCUT2D eigenvalue weighted by Crippen LogP contribution is -2.21. The van der Waals surface area contributed by atoms with Gasteiger partial charge in [-0.15, -0.1) is 0 Å². The average Bonchev–Trinajstić information content (AvgIpc) is 2.18. The molecule has 0 radical (unpaired) electrons. The van der Waals surface area contributed by atoms with Crippen LogP contribution in [0.3, 0.4) is 0 Å². The van der Waals surface area contributed by atoms with E-state index in [2.05, 4.69) is 4.99 Å². The number of ether oxygens (including phenoxy) is 1. The van der Waals surface area contributed by atoms with Crippen molar-refractivity contribution in [3.63, 3.8) is 0 Å². The van der Waals surface area contributed by atoms with Gasteiger partial charge in [0.25, 0.3) is 0 Å². The van der Waals surface area contributed by atoms with Crippen LogP contribution < -0.4 is 0 Å². The fourth-order valence-corrected chi connectivity index (χ4v) is 0.773. The first-order valence-electron chi connectivity index (χ1n) is 4.90. The SMILES string of the molecule is C/C=C\C=C/N=CN(C)CCOCC. The van der Waals surface area contributed by atoms with E-state index >= 15 is 0 Å². The number of rotatable bonds is 7. The molecule has 80 valence electrons. The highest BCUT2D eigenvalue weighted by Gasteiger charge is 1.89. The van der Waals surface area contributed by atoms with Crippen LogP contribution in [-0.2, 0) is 4.74 Å². The van der Waals surface area contributed by atoms with Crippen LogP contribution >= 0.6 is 0 Å². The second-order valence-electron chi connectivity index (χ2n) is 2.81. The number of hydrogen-bond donors (Lipinski definition) is 0. The van der Waals surface area contributed by atoms with Crippen molar-refractivity contribution in [2.75, 3.05) is 26.8 Å². The predicted molar refractivity (Wildman–Crippen MR) is 61.6 cm³/mol. The van der Waals surface area contributed by atoms with E-state index in [-0.39, 0.29) is 0 Å². The van der Waals surface area contributed by atoms with Crippen LogP contribution in [0.2, 0.25) is 0 Å². The van der Waals surface area contributed by atoms with E-state index in [1.54, 1.807) is 12.5 Å². The van der Waals surface area contributed by atoms with Gasteiger partial charge in [-0.2, -0.15) is 0 Å². The molecule has 0 aliphatic rings. The molecule has 0 heterocycles. The summed E-state index contributed by atoms with van der Waals surface area (Å²) in [6, 6.07) is 0. The summed E-state index contributed by atoms with van der Waals surface area (Å²) in [6.07, 6.45) is 9.35. The van der Waals surface area contributed by atoms with Gasteiger partial charge in [0.05, 0.1) is 12.9 Å². The van der Waals surface area contributed by atoms with Crippen LogP contribution in [0.15, 0.2) is 29.4 Å². The Morgan fingerprint density at radius 1 is 1.36 bits per heavy atom. The first-order valence-corrected chi connectivity index (χ1v) is 4.90. The van der Waals surface area contributed by atoms with Gasteiger partial charge in [-0.25, -0.2) is 4.99 Å². The van der Waals surface area contributed by atoms with Crippen molar-refractivity contribution in [3.8, 4) is 0 Å². The van der Waals surface area contributed by atoms with E-state index in [0.29, 0.717) is 0 Å². The molecular formula is C11H20N2O. The van der Waals surface area contributed by atoms with Gasteiger partial charge in [0.1, 0.15) is 0 Å². The fourth-order valence-electron chi connectivity index (χ4n) is 0.773. The zero-order chi connectivity index (χ0) is 10.6. The third kappa shape index (κ3) is 9.00. The Labute approximate surface area is 86.8 Å². The Bertz CT molecular complexity index is 197. The highest BCUT2D eigenvalue weighted by atomic mass is 16.5. The number of hydrogen-bond acceptors (Lipinski definition) is 2. The van der Waals surface area contributed by atoms with E-state index < -0.39 is 0 Å². The number of nitrogens with zero attached hydrogens (tertiary/aromatic N) is 2. The molecule has 0 bridgehead atoms. The van der Waals surface area contributed by atoms with Gasteiger partial charge in [-0.1, -0.05) is 12.2 Å². The molecule has 0 atom stereocenters. The summed E-state index contributed by atoms with van der Waals surface area (Å²) in [5, 5.41) is 0. The van der Waals surface area contributed by atoms with Crippen molar-refractivity contribution < 1.29 is 4.74 Å². The van der Waals surface area contributed by atoms with Gasteiger partial charge in [0, 0.05) is 26.4 Å². The van der Waals surface area contributed by atoms with Crippen LogP contribution in [0.25, 0.3) is 0 Å². The molecule has 3 nitrogen and oxygen atoms in total. The maximum absolute atomic E-state index is 5.22. The Kier molecular flexibility index (Phi) is 9.22. The fraction of sp³-hybridized carbons (Fsp3) is 0.545. The molecule has 0 aliphatic carbocycles. The Balaban J connectivity index is 3.54. The van der Waals surface area contributed by atoms with Gasteiger partial charge < -0.3 is 9.64 Å². The number of allylic oxidation sites excluding steroid dienone is 3. The van der Waals surface area contributed by atoms with E-state index in [1.165, 1.54) is 0 Å². The van der Waals surface area contributed by atoms with Crippen molar-refractivity contribution >= 4 is 6.34 Å². The van der Waals surface area contributed by atoms with Gasteiger partial charge in [0.15, 0.2) is 0 Å². The van der Waals surface area contributed by atoms with Gasteiger partial charge in [-0.3, -0.25) is 0 Å². The summed E-state index contributed by atoms with van der Waals surface area (Å²) in [5.74, 6) is 0. The minimum absolute atomic E-state index is 0.748. The van der Waals surface area contributed by atoms with E-state index in [0.717, 1.165) is 19.8 Å². The van der Waals surface area contributed by atoms with Crippen LogP contribution in [-0.4, -0.2) is 38.0 Å². The molecule has 0 aromatic carbocycles. The second-order valence-corrected chi connectivity index (χ2v) is 2.81. The second kappa shape index (κ2) is 9.99. The van der Waals surface area contributed by atoms with Crippen LogP contribution in [0.4, 0.5) is 0 Å². The Morgan fingerprint density at radius 2 is 2.14 bits per heavy atom. The summed E-state index contributed by atoms with van der Waals surface area (Å²) in [4.78, 5) is 6.10. The van der Waals surface area contributed by atoms with Gasteiger partial charge in [-0.05, 0) is 19.9 Å². The van der Waals surface area contributed by atoms with E-state index in [9.17, 15) is 0 Å². The third-order valence-corrected chi connectivity index (χ3v) is 1.53. The van der Waals surface area contributed by atoms with E-state index in [1.807, 2.05) is 44.0 Å². The molecule has 0 spiro atoms. The van der Waals surface area contributed by atoms with Gasteiger partial charge in [0.2, 0.25) is 0 Å². The van der Waals surface area contributed by atoms with Crippen molar-refractivity contribution in [2.24, 2.45) is 4.99 Å². The van der Waals surface area contributed by atoms with Crippen LogP contribution in [0, 0.1) is 0 Å². The Hall–Kier alpha value is -1.09. The zero-order valence-electron chi connectivity index (χ0n) is 9.31. The quantitative estimate of drug-likeness (QED) is 0.269. The molecule has 0 saturated heterocycles. The Morgan fingerprint density at radius 3 is 2.79 bits per heavy atom. The topological polar surface area (TPSA) is 24.8 Å². The summed E-state index contributed by atoms with van der Waals surface area (Å²) in [7, 11) is 1.98. The summed E-state index contributed by atoms with van der Waals surface area (Å²) >= 11 is 0. The molecule has 3 heteroatoms. The molecular weight excluding hydrogens is 176 g/mol. The number of aliphatic imine (C=N–C) groups is 1. The largest absolute Gasteiger partial charge is 0.380 e. The molecule has 0 rings (SSSR count). The molecule has 0 aliphatic heterocycles. The normalized spacial score (nSPS) is 12.2. The third-order valence-electron chi connectivity index (χ3n) is 1.53. The lowest BCUT2D eigenvalue weighted by atomic mass is 10.5. The molecule has 0 saturated carbocycles. The zero-order valence-corrected chi connectivity index (χ0v) is 9.31. The maximum atomic E-state index is 5.22. The lowest BCUT2D eigenvalue weighted by molar-refractivity contribution is 0.137. The predicted octanol–water partition coefficient (Wildman–Crippen LogP) is 2.07. The molecule has 0 aromatic rings. The maximum Gasteiger partial charge on any atom is 0.0903 e. The monoisotopic (exact) mass is 196 g/mol. The molecule has 0 amide bonds. The summed E-state index contributed by atoms with van der Waals surface area (Å²) in [5.41, 5.74) is 0. The van der Waals surface area contributed by atoms with Gasteiger partial charge >= 0.3 is 0 Å². The summed E-state index contributed by atoms with van der Waals surface area (Å²) < 4.78 is 5.22. The van der Waals surface area contributed by atoms with Crippen LogP contribution in [0.5, 0.6) is 0 Å². The summed E-state index contributed by atoms with van der Waals surface area (Å²) in [6.45, 7) is 6.36. The number of likely N-dealkylation sites (N-methyl/N-ethyl adjacent to an activating group) is 1. The molecule has 0 N–H and O–H groups in total. The van der Waals surface area contributed by atoms with Crippen molar-refractivity contribution in [1.29, 1.82) is 0 Å². The first kappa shape index (κ1) is 12.9. The van der Waals surface area contributed by atoms with Crippen molar-refractivity contribution in [2.45, 2.75) is 13.8 Å².